The highest BCUT2D eigenvalue weighted by Crippen LogP contribution is 2.21. The minimum Gasteiger partial charge on any atom is -0.493 e. The van der Waals surface area contributed by atoms with E-state index in [-0.39, 0.29) is 5.84 Å². The Morgan fingerprint density at radius 1 is 1.53 bits per heavy atom. The van der Waals surface area contributed by atoms with Gasteiger partial charge in [-0.1, -0.05) is 12.1 Å². The van der Waals surface area contributed by atoms with E-state index in [4.69, 9.17) is 20.6 Å². The number of nitrogens with one attached hydrogen (secondary N) is 1. The molecule has 1 fully saturated rings. The molecule has 0 amide bonds. The molecule has 0 aliphatic carbocycles. The fraction of sp³-hybridized carbons (Fsp3) is 0.533. The molecule has 0 bridgehead atoms. The molecule has 1 unspecified atom stereocenters. The summed E-state index contributed by atoms with van der Waals surface area (Å²) >= 11 is 0. The number of rotatable bonds is 6. The van der Waals surface area contributed by atoms with Gasteiger partial charge in [0.1, 0.15) is 11.6 Å². The van der Waals surface area contributed by atoms with Crippen LogP contribution in [0, 0.1) is 12.3 Å². The van der Waals surface area contributed by atoms with E-state index < -0.39 is 0 Å². The van der Waals surface area contributed by atoms with E-state index in [0.717, 1.165) is 30.8 Å². The first kappa shape index (κ1) is 13.9. The Morgan fingerprint density at radius 3 is 3.05 bits per heavy atom. The SMILES string of the molecule is Cc1ccc(C(=N)N)cc1OCCCC1CCCO1. The molecule has 104 valence electrons. The van der Waals surface area contributed by atoms with Crippen molar-refractivity contribution < 1.29 is 9.47 Å². The van der Waals surface area contributed by atoms with Gasteiger partial charge in [0, 0.05) is 12.2 Å². The lowest BCUT2D eigenvalue weighted by molar-refractivity contribution is 0.0981. The molecule has 4 heteroatoms. The Kier molecular flexibility index (Phi) is 4.80. The van der Waals surface area contributed by atoms with E-state index in [1.807, 2.05) is 25.1 Å². The summed E-state index contributed by atoms with van der Waals surface area (Å²) in [7, 11) is 0. The molecule has 0 radical (unpaired) electrons. The van der Waals surface area contributed by atoms with Crippen LogP contribution in [0.15, 0.2) is 18.2 Å². The predicted molar refractivity (Wildman–Crippen MR) is 75.9 cm³/mol. The van der Waals surface area contributed by atoms with Gasteiger partial charge in [-0.15, -0.1) is 0 Å². The van der Waals surface area contributed by atoms with Gasteiger partial charge in [0.25, 0.3) is 0 Å². The highest BCUT2D eigenvalue weighted by atomic mass is 16.5. The molecule has 1 aliphatic rings. The zero-order valence-electron chi connectivity index (χ0n) is 11.4. The van der Waals surface area contributed by atoms with Crippen molar-refractivity contribution in [3.63, 3.8) is 0 Å². The Hall–Kier alpha value is -1.55. The van der Waals surface area contributed by atoms with Crippen molar-refractivity contribution >= 4 is 5.84 Å². The van der Waals surface area contributed by atoms with Gasteiger partial charge >= 0.3 is 0 Å². The summed E-state index contributed by atoms with van der Waals surface area (Å²) in [6, 6.07) is 5.62. The van der Waals surface area contributed by atoms with Crippen LogP contribution in [0.2, 0.25) is 0 Å². The third-order valence-electron chi connectivity index (χ3n) is 3.45. The second kappa shape index (κ2) is 6.57. The molecule has 19 heavy (non-hydrogen) atoms. The standard InChI is InChI=1S/C15H22N2O2/c1-11-6-7-12(15(16)17)10-14(11)19-9-3-5-13-4-2-8-18-13/h6-7,10,13H,2-5,8-9H2,1H3,(H3,16,17). The largest absolute Gasteiger partial charge is 0.493 e. The fourth-order valence-corrected chi connectivity index (χ4v) is 2.29. The third kappa shape index (κ3) is 3.96. The number of benzene rings is 1. The van der Waals surface area contributed by atoms with Gasteiger partial charge in [0.05, 0.1) is 12.7 Å². The fourth-order valence-electron chi connectivity index (χ4n) is 2.29. The van der Waals surface area contributed by atoms with Crippen molar-refractivity contribution in [2.75, 3.05) is 13.2 Å². The van der Waals surface area contributed by atoms with Crippen molar-refractivity contribution in [2.45, 2.75) is 38.7 Å². The van der Waals surface area contributed by atoms with Gasteiger partial charge in [-0.25, -0.2) is 0 Å². The summed E-state index contributed by atoms with van der Waals surface area (Å²) in [5.74, 6) is 0.893. The highest BCUT2D eigenvalue weighted by Gasteiger charge is 2.14. The molecule has 0 spiro atoms. The first-order valence-corrected chi connectivity index (χ1v) is 6.86. The zero-order valence-corrected chi connectivity index (χ0v) is 11.4. The smallest absolute Gasteiger partial charge is 0.122 e. The molecule has 1 aromatic carbocycles. The summed E-state index contributed by atoms with van der Waals surface area (Å²) in [4.78, 5) is 0. The summed E-state index contributed by atoms with van der Waals surface area (Å²) in [5.41, 5.74) is 7.26. The predicted octanol–water partition coefficient (Wildman–Crippen LogP) is 2.62. The summed E-state index contributed by atoms with van der Waals surface area (Å²) in [6.45, 7) is 3.59. The van der Waals surface area contributed by atoms with E-state index >= 15 is 0 Å². The Bertz CT molecular complexity index is 440. The lowest BCUT2D eigenvalue weighted by Crippen LogP contribution is -2.12. The van der Waals surface area contributed by atoms with Gasteiger partial charge in [0.15, 0.2) is 0 Å². The molecule has 0 saturated carbocycles. The van der Waals surface area contributed by atoms with Crippen LogP contribution in [-0.2, 0) is 4.74 Å². The highest BCUT2D eigenvalue weighted by molar-refractivity contribution is 5.95. The number of hydrogen-bond donors (Lipinski definition) is 2. The number of amidine groups is 1. The van der Waals surface area contributed by atoms with Crippen LogP contribution in [0.4, 0.5) is 0 Å². The van der Waals surface area contributed by atoms with E-state index in [1.54, 1.807) is 0 Å². The maximum Gasteiger partial charge on any atom is 0.122 e. The molecule has 1 aromatic rings. The lowest BCUT2D eigenvalue weighted by atomic mass is 10.1. The molecule has 3 N–H and O–H groups in total. The van der Waals surface area contributed by atoms with Crippen molar-refractivity contribution in [1.82, 2.24) is 0 Å². The second-order valence-electron chi connectivity index (χ2n) is 5.02. The molecular formula is C15H22N2O2. The summed E-state index contributed by atoms with van der Waals surface area (Å²) in [6.07, 6.45) is 4.84. The zero-order chi connectivity index (χ0) is 13.7. The first-order valence-electron chi connectivity index (χ1n) is 6.86. The second-order valence-corrected chi connectivity index (χ2v) is 5.02. The first-order chi connectivity index (χ1) is 9.16. The molecule has 1 aliphatic heterocycles. The number of nitrogens with two attached hydrogens (primary N) is 1. The average molecular weight is 262 g/mol. The lowest BCUT2D eigenvalue weighted by Gasteiger charge is -2.12. The molecule has 1 saturated heterocycles. The number of aryl methyl sites for hydroxylation is 1. The minimum absolute atomic E-state index is 0.0733. The Morgan fingerprint density at radius 2 is 2.37 bits per heavy atom. The normalized spacial score (nSPS) is 18.5. The van der Waals surface area contributed by atoms with Crippen molar-refractivity contribution in [3.8, 4) is 5.75 Å². The van der Waals surface area contributed by atoms with Crippen molar-refractivity contribution in [3.05, 3.63) is 29.3 Å². The number of hydrogen-bond acceptors (Lipinski definition) is 3. The van der Waals surface area contributed by atoms with Gasteiger partial charge < -0.3 is 15.2 Å². The number of ether oxygens (including phenoxy) is 2. The average Bonchev–Trinajstić information content (AvgIpc) is 2.89. The van der Waals surface area contributed by atoms with Crippen LogP contribution >= 0.6 is 0 Å². The van der Waals surface area contributed by atoms with Crippen molar-refractivity contribution in [1.29, 1.82) is 5.41 Å². The van der Waals surface area contributed by atoms with Crippen LogP contribution in [0.5, 0.6) is 5.75 Å². The van der Waals surface area contributed by atoms with Crippen LogP contribution in [0.1, 0.15) is 36.8 Å². The van der Waals surface area contributed by atoms with Crippen LogP contribution in [0.25, 0.3) is 0 Å². The van der Waals surface area contributed by atoms with Crippen LogP contribution < -0.4 is 10.5 Å². The Labute approximate surface area is 114 Å². The van der Waals surface area contributed by atoms with E-state index in [1.165, 1.54) is 12.8 Å². The minimum atomic E-state index is 0.0733. The molecule has 1 heterocycles. The van der Waals surface area contributed by atoms with E-state index in [0.29, 0.717) is 18.3 Å². The van der Waals surface area contributed by atoms with Gasteiger partial charge in [0.2, 0.25) is 0 Å². The maximum absolute atomic E-state index is 7.43. The Balaban J connectivity index is 1.81. The monoisotopic (exact) mass is 262 g/mol. The third-order valence-corrected chi connectivity index (χ3v) is 3.45. The molecule has 2 rings (SSSR count). The van der Waals surface area contributed by atoms with E-state index in [9.17, 15) is 0 Å². The van der Waals surface area contributed by atoms with E-state index in [2.05, 4.69) is 0 Å². The topological polar surface area (TPSA) is 68.3 Å². The van der Waals surface area contributed by atoms with Gasteiger partial charge in [-0.3, -0.25) is 5.41 Å². The summed E-state index contributed by atoms with van der Waals surface area (Å²) in [5, 5.41) is 7.43. The molecule has 1 atom stereocenters. The number of nitrogen functional groups attached to an aromatic ring is 1. The molecule has 0 aromatic heterocycles. The maximum atomic E-state index is 7.43. The molecule has 4 nitrogen and oxygen atoms in total. The molecular weight excluding hydrogens is 240 g/mol. The summed E-state index contributed by atoms with van der Waals surface area (Å²) < 4.78 is 11.4. The van der Waals surface area contributed by atoms with Gasteiger partial charge in [-0.2, -0.15) is 0 Å². The van der Waals surface area contributed by atoms with Crippen molar-refractivity contribution in [2.24, 2.45) is 5.73 Å². The van der Waals surface area contributed by atoms with Crippen LogP contribution in [-0.4, -0.2) is 25.2 Å². The van der Waals surface area contributed by atoms with Gasteiger partial charge in [-0.05, 0) is 44.2 Å². The van der Waals surface area contributed by atoms with Crippen LogP contribution in [0.3, 0.4) is 0 Å². The quantitative estimate of drug-likeness (QED) is 0.470.